The van der Waals surface area contributed by atoms with Crippen molar-refractivity contribution in [1.82, 2.24) is 0 Å². The van der Waals surface area contributed by atoms with Crippen molar-refractivity contribution in [2.45, 2.75) is 6.61 Å². The van der Waals surface area contributed by atoms with E-state index in [1.165, 1.54) is 0 Å². The maximum absolute atomic E-state index is 6.00. The van der Waals surface area contributed by atoms with Crippen molar-refractivity contribution in [2.75, 3.05) is 12.5 Å². The van der Waals surface area contributed by atoms with E-state index in [-0.39, 0.29) is 0 Å². The lowest BCUT2D eigenvalue weighted by Crippen LogP contribution is -2.01. The predicted molar refractivity (Wildman–Crippen MR) is 106 cm³/mol. The fraction of sp³-hybridized carbons (Fsp3) is 0.0952. The first kappa shape index (κ1) is 17.8. The third kappa shape index (κ3) is 4.77. The maximum Gasteiger partial charge on any atom is 0.170 e. The van der Waals surface area contributed by atoms with Gasteiger partial charge in [-0.1, -0.05) is 48.0 Å². The van der Waals surface area contributed by atoms with Gasteiger partial charge >= 0.3 is 0 Å². The number of hydrazone groups is 1. The first-order valence-corrected chi connectivity index (χ1v) is 8.52. The highest BCUT2D eigenvalue weighted by atomic mass is 35.5. The summed E-state index contributed by atoms with van der Waals surface area (Å²) in [4.78, 5) is 0. The Bertz CT molecular complexity index is 865. The molecule has 0 amide bonds. The summed E-state index contributed by atoms with van der Waals surface area (Å²) in [5, 5.41) is 4.99. The van der Waals surface area contributed by atoms with Crippen molar-refractivity contribution in [2.24, 2.45) is 5.10 Å². The van der Waals surface area contributed by atoms with Crippen LogP contribution in [-0.4, -0.2) is 13.3 Å². The summed E-state index contributed by atoms with van der Waals surface area (Å²) in [6, 6.07) is 23.0. The molecule has 0 spiro atoms. The Balaban J connectivity index is 1.75. The number of rotatable bonds is 7. The monoisotopic (exact) mass is 366 g/mol. The topological polar surface area (TPSA) is 42.8 Å². The molecule has 0 aliphatic heterocycles. The van der Waals surface area contributed by atoms with Gasteiger partial charge in [-0.05, 0) is 42.0 Å². The van der Waals surface area contributed by atoms with Crippen molar-refractivity contribution < 1.29 is 9.47 Å². The lowest BCUT2D eigenvalue weighted by Gasteiger charge is -2.13. The van der Waals surface area contributed by atoms with Crippen LogP contribution in [0.2, 0.25) is 5.02 Å². The SMILES string of the molecule is COc1cccc(/C=N/Nc2ccccc2)c1OCc1ccc(Cl)cc1. The molecule has 0 radical (unpaired) electrons. The molecule has 3 aromatic carbocycles. The van der Waals surface area contributed by atoms with E-state index >= 15 is 0 Å². The second-order valence-corrected chi connectivity index (χ2v) is 5.97. The molecule has 0 atom stereocenters. The average Bonchev–Trinajstić information content (AvgIpc) is 2.69. The molecule has 3 rings (SSSR count). The van der Waals surface area contributed by atoms with Crippen LogP contribution in [0.25, 0.3) is 0 Å². The number of anilines is 1. The van der Waals surface area contributed by atoms with E-state index in [4.69, 9.17) is 21.1 Å². The molecule has 0 heterocycles. The van der Waals surface area contributed by atoms with Crippen LogP contribution in [0.3, 0.4) is 0 Å². The van der Waals surface area contributed by atoms with Crippen molar-refractivity contribution in [3.63, 3.8) is 0 Å². The molecule has 0 fully saturated rings. The third-order valence-electron chi connectivity index (χ3n) is 3.70. The summed E-state index contributed by atoms with van der Waals surface area (Å²) in [5.74, 6) is 1.30. The zero-order chi connectivity index (χ0) is 18.2. The van der Waals surface area contributed by atoms with E-state index in [2.05, 4.69) is 10.5 Å². The van der Waals surface area contributed by atoms with Crippen LogP contribution in [0.15, 0.2) is 77.9 Å². The predicted octanol–water partition coefficient (Wildman–Crippen LogP) is 5.37. The number of hydrogen-bond acceptors (Lipinski definition) is 4. The van der Waals surface area contributed by atoms with E-state index in [9.17, 15) is 0 Å². The molecule has 3 aromatic rings. The molecule has 0 saturated heterocycles. The number of benzene rings is 3. The van der Waals surface area contributed by atoms with Gasteiger partial charge in [0, 0.05) is 10.6 Å². The van der Waals surface area contributed by atoms with Crippen molar-refractivity contribution >= 4 is 23.5 Å². The molecule has 0 bridgehead atoms. The summed E-state index contributed by atoms with van der Waals surface area (Å²) in [7, 11) is 1.62. The minimum absolute atomic E-state index is 0.407. The van der Waals surface area contributed by atoms with Crippen LogP contribution in [0.1, 0.15) is 11.1 Å². The van der Waals surface area contributed by atoms with Gasteiger partial charge in [0.15, 0.2) is 11.5 Å². The number of nitrogens with zero attached hydrogens (tertiary/aromatic N) is 1. The van der Waals surface area contributed by atoms with Crippen molar-refractivity contribution in [1.29, 1.82) is 0 Å². The molecule has 1 N–H and O–H groups in total. The highest BCUT2D eigenvalue weighted by Crippen LogP contribution is 2.31. The van der Waals surface area contributed by atoms with Gasteiger partial charge in [-0.15, -0.1) is 0 Å². The largest absolute Gasteiger partial charge is 0.493 e. The fourth-order valence-electron chi connectivity index (χ4n) is 2.37. The van der Waals surface area contributed by atoms with Gasteiger partial charge in [0.2, 0.25) is 0 Å². The third-order valence-corrected chi connectivity index (χ3v) is 3.95. The average molecular weight is 367 g/mol. The quantitative estimate of drug-likeness (QED) is 0.451. The second kappa shape index (κ2) is 8.92. The van der Waals surface area contributed by atoms with E-state index in [0.29, 0.717) is 23.1 Å². The Kier molecular flexibility index (Phi) is 6.12. The number of para-hydroxylation sites is 2. The number of methoxy groups -OCH3 is 1. The van der Waals surface area contributed by atoms with Crippen LogP contribution < -0.4 is 14.9 Å². The lowest BCUT2D eigenvalue weighted by molar-refractivity contribution is 0.284. The lowest BCUT2D eigenvalue weighted by atomic mass is 10.2. The Hall–Kier alpha value is -2.98. The number of nitrogens with one attached hydrogen (secondary N) is 1. The van der Waals surface area contributed by atoms with E-state index in [1.54, 1.807) is 13.3 Å². The molecule has 0 aliphatic carbocycles. The Labute approximate surface area is 158 Å². The van der Waals surface area contributed by atoms with Crippen molar-refractivity contribution in [3.05, 3.63) is 88.9 Å². The second-order valence-electron chi connectivity index (χ2n) is 5.53. The number of ether oxygens (including phenoxy) is 2. The molecular weight excluding hydrogens is 348 g/mol. The molecule has 0 saturated carbocycles. The highest BCUT2D eigenvalue weighted by Gasteiger charge is 2.09. The zero-order valence-electron chi connectivity index (χ0n) is 14.4. The van der Waals surface area contributed by atoms with Gasteiger partial charge in [0.05, 0.1) is 19.0 Å². The Morgan fingerprint density at radius 3 is 2.46 bits per heavy atom. The van der Waals surface area contributed by atoms with Crippen LogP contribution in [0.4, 0.5) is 5.69 Å². The minimum Gasteiger partial charge on any atom is -0.493 e. The van der Waals surface area contributed by atoms with Crippen LogP contribution in [0, 0.1) is 0 Å². The van der Waals surface area contributed by atoms with Gasteiger partial charge in [0.1, 0.15) is 6.61 Å². The zero-order valence-corrected chi connectivity index (χ0v) is 15.1. The molecule has 0 aliphatic rings. The Morgan fingerprint density at radius 2 is 1.73 bits per heavy atom. The standard InChI is InChI=1S/C21H19ClN2O2/c1-25-20-9-5-6-17(14-23-24-19-7-3-2-4-8-19)21(20)26-15-16-10-12-18(22)13-11-16/h2-14,24H,15H2,1H3/b23-14+. The molecule has 26 heavy (non-hydrogen) atoms. The maximum atomic E-state index is 6.00. The smallest absolute Gasteiger partial charge is 0.170 e. The highest BCUT2D eigenvalue weighted by molar-refractivity contribution is 6.30. The molecular formula is C21H19ClN2O2. The van der Waals surface area contributed by atoms with Gasteiger partial charge in [-0.3, -0.25) is 5.43 Å². The molecule has 5 heteroatoms. The van der Waals surface area contributed by atoms with Crippen LogP contribution in [0.5, 0.6) is 11.5 Å². The number of hydrogen-bond donors (Lipinski definition) is 1. The molecule has 4 nitrogen and oxygen atoms in total. The first-order valence-electron chi connectivity index (χ1n) is 8.14. The van der Waals surface area contributed by atoms with Gasteiger partial charge in [-0.2, -0.15) is 5.10 Å². The molecule has 132 valence electrons. The van der Waals surface area contributed by atoms with E-state index in [0.717, 1.165) is 16.8 Å². The summed E-state index contributed by atoms with van der Waals surface area (Å²) in [6.45, 7) is 0.407. The molecule has 0 unspecified atom stereocenters. The fourth-order valence-corrected chi connectivity index (χ4v) is 2.50. The van der Waals surface area contributed by atoms with Crippen LogP contribution >= 0.6 is 11.6 Å². The minimum atomic E-state index is 0.407. The number of halogens is 1. The summed E-state index contributed by atoms with van der Waals surface area (Å²) in [5.41, 5.74) is 5.75. The van der Waals surface area contributed by atoms with E-state index in [1.807, 2.05) is 72.8 Å². The van der Waals surface area contributed by atoms with Gasteiger partial charge in [-0.25, -0.2) is 0 Å². The first-order chi connectivity index (χ1) is 12.8. The molecule has 0 aromatic heterocycles. The Morgan fingerprint density at radius 1 is 0.962 bits per heavy atom. The summed E-state index contributed by atoms with van der Waals surface area (Å²) in [6.07, 6.45) is 1.71. The van der Waals surface area contributed by atoms with E-state index < -0.39 is 0 Å². The summed E-state index contributed by atoms with van der Waals surface area (Å²) >= 11 is 5.92. The van der Waals surface area contributed by atoms with Gasteiger partial charge in [0.25, 0.3) is 0 Å². The van der Waals surface area contributed by atoms with Crippen LogP contribution in [-0.2, 0) is 6.61 Å². The van der Waals surface area contributed by atoms with Crippen molar-refractivity contribution in [3.8, 4) is 11.5 Å². The van der Waals surface area contributed by atoms with Gasteiger partial charge < -0.3 is 9.47 Å². The summed E-state index contributed by atoms with van der Waals surface area (Å²) < 4.78 is 11.4. The normalized spacial score (nSPS) is 10.7.